The molecule has 1 heterocycles. The van der Waals surface area contributed by atoms with E-state index in [1.54, 1.807) is 6.07 Å². The first-order valence-corrected chi connectivity index (χ1v) is 6.34. The topological polar surface area (TPSA) is 37.3 Å². The van der Waals surface area contributed by atoms with Crippen molar-refractivity contribution in [3.63, 3.8) is 0 Å². The Morgan fingerprint density at radius 1 is 1.31 bits per heavy atom. The highest BCUT2D eigenvalue weighted by Crippen LogP contribution is 2.27. The summed E-state index contributed by atoms with van der Waals surface area (Å²) in [6.45, 7) is 0. The maximum atomic E-state index is 10.5. The zero-order valence-electron chi connectivity index (χ0n) is 9.03. The molecule has 0 bridgehead atoms. The molecular weight excluding hydrogens is 220 g/mol. The number of hydrogen-bond donors (Lipinski definition) is 1. The lowest BCUT2D eigenvalue weighted by molar-refractivity contribution is 0.0610. The smallest absolute Gasteiger partial charge is 0.160 e. The van der Waals surface area contributed by atoms with Gasteiger partial charge in [0.1, 0.15) is 5.60 Å². The highest BCUT2D eigenvalue weighted by Gasteiger charge is 2.26. The maximum Gasteiger partial charge on any atom is 0.160 e. The van der Waals surface area contributed by atoms with Crippen LogP contribution in [0, 0.1) is 11.8 Å². The fourth-order valence-corrected chi connectivity index (χ4v) is 2.60. The van der Waals surface area contributed by atoms with Crippen molar-refractivity contribution in [1.29, 1.82) is 0 Å². The lowest BCUT2D eigenvalue weighted by Gasteiger charge is -2.26. The lowest BCUT2D eigenvalue weighted by Crippen LogP contribution is -2.29. The van der Waals surface area contributed by atoms with E-state index < -0.39 is 5.60 Å². The van der Waals surface area contributed by atoms with Gasteiger partial charge < -0.3 is 5.11 Å². The molecule has 1 aliphatic rings. The van der Waals surface area contributed by atoms with E-state index in [4.69, 9.17) is 0 Å². The van der Waals surface area contributed by atoms with Crippen molar-refractivity contribution in [3.8, 4) is 11.8 Å². The predicted molar refractivity (Wildman–Crippen MR) is 64.6 cm³/mol. The molecule has 84 valence electrons. The molecule has 0 amide bonds. The lowest BCUT2D eigenvalue weighted by atomic mass is 9.85. The van der Waals surface area contributed by atoms with Crippen LogP contribution >= 0.6 is 11.3 Å². The molecule has 1 fully saturated rings. The van der Waals surface area contributed by atoms with Gasteiger partial charge in [-0.3, -0.25) is 4.79 Å². The van der Waals surface area contributed by atoms with Crippen molar-refractivity contribution >= 4 is 17.6 Å². The molecule has 1 aromatic heterocycles. The number of hydrogen-bond acceptors (Lipinski definition) is 3. The van der Waals surface area contributed by atoms with E-state index in [0.29, 0.717) is 4.88 Å². The van der Waals surface area contributed by atoms with Crippen LogP contribution in [0.3, 0.4) is 0 Å². The first-order valence-electron chi connectivity index (χ1n) is 5.52. The van der Waals surface area contributed by atoms with Crippen molar-refractivity contribution in [2.75, 3.05) is 0 Å². The summed E-state index contributed by atoms with van der Waals surface area (Å²) in [6, 6.07) is 3.58. The standard InChI is InChI=1S/C13H14O2S/c14-10-12-5-4-11(16-12)6-9-13(15)7-2-1-3-8-13/h4-5,10,15H,1-3,7-8H2. The second-order valence-electron chi connectivity index (χ2n) is 4.16. The molecule has 16 heavy (non-hydrogen) atoms. The van der Waals surface area contributed by atoms with E-state index in [-0.39, 0.29) is 0 Å². The van der Waals surface area contributed by atoms with Gasteiger partial charge in [0.05, 0.1) is 9.75 Å². The van der Waals surface area contributed by atoms with E-state index in [1.807, 2.05) is 6.07 Å². The van der Waals surface area contributed by atoms with Crippen molar-refractivity contribution in [3.05, 3.63) is 21.9 Å². The van der Waals surface area contributed by atoms with Gasteiger partial charge in [-0.2, -0.15) is 0 Å². The summed E-state index contributed by atoms with van der Waals surface area (Å²) in [6.07, 6.45) is 5.66. The number of carbonyl (C=O) groups is 1. The third-order valence-electron chi connectivity index (χ3n) is 2.84. The molecule has 1 saturated carbocycles. The molecule has 1 aliphatic carbocycles. The minimum absolute atomic E-state index is 0.680. The molecule has 0 aliphatic heterocycles. The Morgan fingerprint density at radius 3 is 2.69 bits per heavy atom. The molecule has 3 heteroatoms. The molecule has 0 unspecified atom stereocenters. The minimum Gasteiger partial charge on any atom is -0.378 e. The Labute approximate surface area is 99.3 Å². The predicted octanol–water partition coefficient (Wildman–Crippen LogP) is 2.61. The fraction of sp³-hybridized carbons (Fsp3) is 0.462. The first-order chi connectivity index (χ1) is 7.72. The quantitative estimate of drug-likeness (QED) is 0.599. The monoisotopic (exact) mass is 234 g/mol. The number of carbonyl (C=O) groups excluding carboxylic acids is 1. The van der Waals surface area contributed by atoms with Crippen LogP contribution in [-0.4, -0.2) is 17.0 Å². The van der Waals surface area contributed by atoms with E-state index in [1.165, 1.54) is 17.8 Å². The van der Waals surface area contributed by atoms with E-state index in [9.17, 15) is 9.90 Å². The SMILES string of the molecule is O=Cc1ccc(C#CC2(O)CCCCC2)s1. The Bertz CT molecular complexity index is 430. The zero-order chi connectivity index (χ0) is 11.4. The first kappa shape index (κ1) is 11.4. The van der Waals surface area contributed by atoms with Crippen LogP contribution < -0.4 is 0 Å². The van der Waals surface area contributed by atoms with Gasteiger partial charge in [0.25, 0.3) is 0 Å². The summed E-state index contributed by atoms with van der Waals surface area (Å²) in [4.78, 5) is 12.0. The molecule has 2 rings (SSSR count). The van der Waals surface area contributed by atoms with Gasteiger partial charge in [0, 0.05) is 0 Å². The Balaban J connectivity index is 2.10. The minimum atomic E-state index is -0.802. The van der Waals surface area contributed by atoms with Crippen LogP contribution in [0.15, 0.2) is 12.1 Å². The molecular formula is C13H14O2S. The molecule has 0 saturated heterocycles. The van der Waals surface area contributed by atoms with Gasteiger partial charge in [0.2, 0.25) is 0 Å². The molecule has 1 N–H and O–H groups in total. The third-order valence-corrected chi connectivity index (χ3v) is 3.77. The summed E-state index contributed by atoms with van der Waals surface area (Å²) in [5.41, 5.74) is -0.802. The molecule has 0 aromatic carbocycles. The normalized spacial score (nSPS) is 18.6. The number of thiophene rings is 1. The highest BCUT2D eigenvalue weighted by atomic mass is 32.1. The number of rotatable bonds is 1. The summed E-state index contributed by atoms with van der Waals surface area (Å²) >= 11 is 1.37. The van der Waals surface area contributed by atoms with Crippen molar-refractivity contribution < 1.29 is 9.90 Å². The number of aldehydes is 1. The highest BCUT2D eigenvalue weighted by molar-refractivity contribution is 7.14. The average molecular weight is 234 g/mol. The van der Waals surface area contributed by atoms with Gasteiger partial charge in [0.15, 0.2) is 6.29 Å². The van der Waals surface area contributed by atoms with Crippen LogP contribution in [0.4, 0.5) is 0 Å². The van der Waals surface area contributed by atoms with Crippen molar-refractivity contribution in [1.82, 2.24) is 0 Å². The van der Waals surface area contributed by atoms with Crippen molar-refractivity contribution in [2.24, 2.45) is 0 Å². The van der Waals surface area contributed by atoms with Crippen LogP contribution in [0.2, 0.25) is 0 Å². The van der Waals surface area contributed by atoms with Gasteiger partial charge in [-0.05, 0) is 37.8 Å². The Morgan fingerprint density at radius 2 is 2.06 bits per heavy atom. The zero-order valence-corrected chi connectivity index (χ0v) is 9.85. The second kappa shape index (κ2) is 4.82. The largest absolute Gasteiger partial charge is 0.378 e. The van der Waals surface area contributed by atoms with Crippen LogP contribution in [0.5, 0.6) is 0 Å². The second-order valence-corrected chi connectivity index (χ2v) is 5.28. The fourth-order valence-electron chi connectivity index (χ4n) is 1.92. The summed E-state index contributed by atoms with van der Waals surface area (Å²) in [5, 5.41) is 10.2. The van der Waals surface area contributed by atoms with E-state index >= 15 is 0 Å². The van der Waals surface area contributed by atoms with Crippen LogP contribution in [0.1, 0.15) is 46.7 Å². The van der Waals surface area contributed by atoms with Crippen molar-refractivity contribution in [2.45, 2.75) is 37.7 Å². The molecule has 0 spiro atoms. The van der Waals surface area contributed by atoms with Gasteiger partial charge >= 0.3 is 0 Å². The molecule has 0 radical (unpaired) electrons. The molecule has 0 atom stereocenters. The number of aliphatic hydroxyl groups is 1. The van der Waals surface area contributed by atoms with Crippen LogP contribution in [0.25, 0.3) is 0 Å². The van der Waals surface area contributed by atoms with E-state index in [0.717, 1.165) is 36.8 Å². The van der Waals surface area contributed by atoms with Gasteiger partial charge in [-0.15, -0.1) is 11.3 Å². The van der Waals surface area contributed by atoms with Gasteiger partial charge in [-0.25, -0.2) is 0 Å². The summed E-state index contributed by atoms with van der Waals surface area (Å²) in [7, 11) is 0. The average Bonchev–Trinajstić information content (AvgIpc) is 2.75. The van der Waals surface area contributed by atoms with Crippen LogP contribution in [-0.2, 0) is 0 Å². The molecule has 2 nitrogen and oxygen atoms in total. The third kappa shape index (κ3) is 2.72. The van der Waals surface area contributed by atoms with Gasteiger partial charge in [-0.1, -0.05) is 18.3 Å². The Hall–Kier alpha value is -1.11. The Kier molecular flexibility index (Phi) is 3.42. The summed E-state index contributed by atoms with van der Waals surface area (Å²) in [5.74, 6) is 5.92. The summed E-state index contributed by atoms with van der Waals surface area (Å²) < 4.78 is 0. The molecule has 1 aromatic rings. The van der Waals surface area contributed by atoms with E-state index in [2.05, 4.69) is 11.8 Å². The maximum absolute atomic E-state index is 10.5.